The van der Waals surface area contributed by atoms with Crippen molar-refractivity contribution in [2.45, 2.75) is 4.90 Å². The number of nitrogens with one attached hydrogen (secondary N) is 2. The average molecular weight is 761 g/mol. The smallest absolute Gasteiger partial charge is 0.413 e. The van der Waals surface area contributed by atoms with Gasteiger partial charge in [0.1, 0.15) is 29.6 Å². The van der Waals surface area contributed by atoms with E-state index >= 15 is 0 Å². The molecule has 270 valence electrons. The van der Waals surface area contributed by atoms with Crippen LogP contribution >= 0.6 is 11.6 Å². The van der Waals surface area contributed by atoms with E-state index in [1.54, 1.807) is 30.3 Å². The molecule has 0 unspecified atom stereocenters. The van der Waals surface area contributed by atoms with Crippen LogP contribution in [0.15, 0.2) is 84.0 Å². The number of sulfonamides is 1. The van der Waals surface area contributed by atoms with Crippen molar-refractivity contribution < 1.29 is 42.0 Å². The molecule has 6 aromatic rings. The molecule has 19 nitrogen and oxygen atoms in total. The molecule has 5 heterocycles. The summed E-state index contributed by atoms with van der Waals surface area (Å²) < 4.78 is 58.7. The number of H-pyrrole nitrogens is 1. The molecule has 0 radical (unpaired) electrons. The SMILES string of the molecule is COc1ccc(Cl)c(Oc2c(NS(=O)(=O)c3ccc4c(c3)OCO4)nc(-c3ccnc(-c4nnn[nH]4)c3)nc2OCCN(C(=O)O)c2ccccn2)c1. The van der Waals surface area contributed by atoms with Crippen LogP contribution in [0.3, 0.4) is 0 Å². The van der Waals surface area contributed by atoms with Crippen LogP contribution in [-0.2, 0) is 10.0 Å². The maximum Gasteiger partial charge on any atom is 0.413 e. The summed E-state index contributed by atoms with van der Waals surface area (Å²) in [6.07, 6.45) is 1.60. The molecular weight excluding hydrogens is 736 g/mol. The Bertz CT molecular complexity index is 2390. The van der Waals surface area contributed by atoms with Gasteiger partial charge in [0, 0.05) is 30.1 Å². The minimum Gasteiger partial charge on any atom is -0.497 e. The zero-order chi connectivity index (χ0) is 37.0. The maximum atomic E-state index is 14.0. The van der Waals surface area contributed by atoms with Gasteiger partial charge in [0.15, 0.2) is 29.0 Å². The van der Waals surface area contributed by atoms with Gasteiger partial charge in [-0.1, -0.05) is 17.7 Å². The van der Waals surface area contributed by atoms with Gasteiger partial charge < -0.3 is 28.8 Å². The minimum absolute atomic E-state index is 0.0282. The molecule has 2 aromatic carbocycles. The fourth-order valence-electron chi connectivity index (χ4n) is 4.87. The number of methoxy groups -OCH3 is 1. The Morgan fingerprint density at radius 1 is 1.04 bits per heavy atom. The van der Waals surface area contributed by atoms with Gasteiger partial charge in [0.2, 0.25) is 12.5 Å². The molecule has 0 spiro atoms. The van der Waals surface area contributed by atoms with E-state index in [1.807, 2.05) is 0 Å². The number of aromatic nitrogens is 8. The molecule has 7 rings (SSSR count). The molecular formula is C32H25ClN10O9S. The number of pyridine rings is 2. The summed E-state index contributed by atoms with van der Waals surface area (Å²) in [5, 5.41) is 23.7. The van der Waals surface area contributed by atoms with Crippen molar-refractivity contribution in [3.05, 3.63) is 84.1 Å². The molecule has 4 aromatic heterocycles. The molecule has 0 bridgehead atoms. The fourth-order valence-corrected chi connectivity index (χ4v) is 6.05. The number of anilines is 2. The van der Waals surface area contributed by atoms with Crippen LogP contribution in [0.1, 0.15) is 0 Å². The Morgan fingerprint density at radius 2 is 1.91 bits per heavy atom. The number of benzene rings is 2. The number of rotatable bonds is 13. The lowest BCUT2D eigenvalue weighted by Gasteiger charge is -2.20. The number of aromatic amines is 1. The van der Waals surface area contributed by atoms with Gasteiger partial charge in [-0.3, -0.25) is 14.6 Å². The molecule has 0 saturated carbocycles. The van der Waals surface area contributed by atoms with Gasteiger partial charge in [-0.2, -0.15) is 4.98 Å². The third-order valence-electron chi connectivity index (χ3n) is 7.39. The molecule has 3 N–H and O–H groups in total. The van der Waals surface area contributed by atoms with Crippen molar-refractivity contribution >= 4 is 39.4 Å². The van der Waals surface area contributed by atoms with Gasteiger partial charge in [-0.05, 0) is 59.0 Å². The largest absolute Gasteiger partial charge is 0.497 e. The van der Waals surface area contributed by atoms with Crippen LogP contribution in [0.4, 0.5) is 16.4 Å². The summed E-state index contributed by atoms with van der Waals surface area (Å²) >= 11 is 6.50. The van der Waals surface area contributed by atoms with Crippen molar-refractivity contribution in [3.8, 4) is 57.5 Å². The predicted molar refractivity (Wildman–Crippen MR) is 185 cm³/mol. The lowest BCUT2D eigenvalue weighted by Crippen LogP contribution is -2.34. The normalized spacial score (nSPS) is 11.9. The molecule has 1 amide bonds. The molecule has 53 heavy (non-hydrogen) atoms. The van der Waals surface area contributed by atoms with E-state index in [4.69, 9.17) is 35.3 Å². The van der Waals surface area contributed by atoms with Crippen molar-refractivity contribution in [1.29, 1.82) is 0 Å². The van der Waals surface area contributed by atoms with E-state index in [1.165, 1.54) is 55.9 Å². The second-order valence-electron chi connectivity index (χ2n) is 10.7. The Morgan fingerprint density at radius 3 is 2.68 bits per heavy atom. The lowest BCUT2D eigenvalue weighted by atomic mass is 10.2. The third-order valence-corrected chi connectivity index (χ3v) is 9.04. The van der Waals surface area contributed by atoms with Crippen LogP contribution in [0.5, 0.6) is 34.6 Å². The van der Waals surface area contributed by atoms with Gasteiger partial charge in [0.05, 0.1) is 23.6 Å². The number of ether oxygens (including phenoxy) is 5. The van der Waals surface area contributed by atoms with Gasteiger partial charge in [0.25, 0.3) is 15.9 Å². The third kappa shape index (κ3) is 7.62. The first kappa shape index (κ1) is 34.6. The summed E-state index contributed by atoms with van der Waals surface area (Å²) in [7, 11) is -2.98. The van der Waals surface area contributed by atoms with Crippen LogP contribution in [-0.4, -0.2) is 87.2 Å². The molecule has 1 aliphatic heterocycles. The van der Waals surface area contributed by atoms with Gasteiger partial charge in [-0.15, -0.1) is 5.10 Å². The number of hydrogen-bond donors (Lipinski definition) is 3. The molecule has 21 heteroatoms. The number of halogens is 1. The summed E-state index contributed by atoms with van der Waals surface area (Å²) in [5.41, 5.74) is 0.656. The van der Waals surface area contributed by atoms with Crippen LogP contribution in [0.2, 0.25) is 5.02 Å². The number of tetrazole rings is 1. The molecule has 0 fully saturated rings. The first-order chi connectivity index (χ1) is 25.7. The Hall–Kier alpha value is -6.80. The highest BCUT2D eigenvalue weighted by molar-refractivity contribution is 7.92. The van der Waals surface area contributed by atoms with Crippen LogP contribution in [0.25, 0.3) is 22.9 Å². The van der Waals surface area contributed by atoms with E-state index in [2.05, 4.69) is 45.3 Å². The van der Waals surface area contributed by atoms with Crippen LogP contribution in [0, 0.1) is 0 Å². The highest BCUT2D eigenvalue weighted by Gasteiger charge is 2.28. The Balaban J connectivity index is 1.35. The van der Waals surface area contributed by atoms with E-state index < -0.39 is 16.1 Å². The minimum atomic E-state index is -4.42. The summed E-state index contributed by atoms with van der Waals surface area (Å²) in [6.45, 7) is -0.596. The number of fused-ring (bicyclic) bond motifs is 1. The van der Waals surface area contributed by atoms with Crippen molar-refractivity contribution in [1.82, 2.24) is 40.6 Å². The van der Waals surface area contributed by atoms with Crippen molar-refractivity contribution in [3.63, 3.8) is 0 Å². The number of nitrogens with zero attached hydrogens (tertiary/aromatic N) is 8. The highest BCUT2D eigenvalue weighted by Crippen LogP contribution is 2.43. The zero-order valence-corrected chi connectivity index (χ0v) is 28.8. The Kier molecular flexibility index (Phi) is 9.68. The molecule has 1 aliphatic rings. The second-order valence-corrected chi connectivity index (χ2v) is 12.8. The van der Waals surface area contributed by atoms with E-state index in [9.17, 15) is 18.3 Å². The standard InChI is InChI=1S/C32H25ClN10O9S/c1-48-19-5-7-21(33)24(15-19)52-27-30(40-53(46,47)20-6-8-23-25(16-20)51-17-50-23)36-28(18-9-11-34-22(14-18)29-38-41-42-39-29)37-31(27)49-13-12-43(32(44)45)26-4-2-3-10-35-26/h2-11,14-16H,12-13,17H2,1H3,(H,44,45)(H,36,37,40)(H,38,39,41,42). The molecule has 0 saturated heterocycles. The number of carboxylic acid groups (broad SMARTS) is 1. The second kappa shape index (κ2) is 14.8. The van der Waals surface area contributed by atoms with Gasteiger partial charge in [-0.25, -0.2) is 28.3 Å². The first-order valence-electron chi connectivity index (χ1n) is 15.3. The maximum absolute atomic E-state index is 14.0. The van der Waals surface area contributed by atoms with E-state index in [0.29, 0.717) is 22.8 Å². The predicted octanol–water partition coefficient (Wildman–Crippen LogP) is 4.66. The highest BCUT2D eigenvalue weighted by atomic mass is 35.5. The summed E-state index contributed by atoms with van der Waals surface area (Å²) in [6, 6.07) is 16.6. The topological polar surface area (TPSA) is 239 Å². The average Bonchev–Trinajstić information content (AvgIpc) is 3.88. The fraction of sp³-hybridized carbons (Fsp3) is 0.125. The zero-order valence-electron chi connectivity index (χ0n) is 27.2. The quantitative estimate of drug-likeness (QED) is 0.145. The lowest BCUT2D eigenvalue weighted by molar-refractivity contribution is 0.174. The summed E-state index contributed by atoms with van der Waals surface area (Å²) in [5.74, 6) is 0.345. The van der Waals surface area contributed by atoms with Crippen molar-refractivity contribution in [2.75, 3.05) is 36.7 Å². The van der Waals surface area contributed by atoms with E-state index in [-0.39, 0.29) is 76.3 Å². The number of carbonyl (C=O) groups is 1. The van der Waals surface area contributed by atoms with Crippen molar-refractivity contribution in [2.24, 2.45) is 0 Å². The molecule has 0 aliphatic carbocycles. The van der Waals surface area contributed by atoms with E-state index in [0.717, 1.165) is 4.90 Å². The van der Waals surface area contributed by atoms with Crippen LogP contribution < -0.4 is 33.3 Å². The Labute approximate surface area is 304 Å². The number of amides is 1. The number of hydrogen-bond acceptors (Lipinski definition) is 15. The summed E-state index contributed by atoms with van der Waals surface area (Å²) in [4.78, 5) is 30.5. The first-order valence-corrected chi connectivity index (χ1v) is 17.2. The monoisotopic (exact) mass is 760 g/mol. The van der Waals surface area contributed by atoms with Gasteiger partial charge >= 0.3 is 6.09 Å². The molecule has 0 atom stereocenters.